The molecule has 0 amide bonds. The van der Waals surface area contributed by atoms with Gasteiger partial charge in [-0.25, -0.2) is 0 Å². The van der Waals surface area contributed by atoms with E-state index in [1.165, 1.54) is 12.1 Å². The summed E-state index contributed by atoms with van der Waals surface area (Å²) < 4.78 is 11.5. The van der Waals surface area contributed by atoms with Crippen molar-refractivity contribution in [2.24, 2.45) is 0 Å². The van der Waals surface area contributed by atoms with E-state index in [2.05, 4.69) is 0 Å². The van der Waals surface area contributed by atoms with Crippen molar-refractivity contribution in [2.75, 3.05) is 0 Å². The lowest BCUT2D eigenvalue weighted by molar-refractivity contribution is 0.387. The highest BCUT2D eigenvalue weighted by Crippen LogP contribution is 2.33. The zero-order valence-electron chi connectivity index (χ0n) is 5.44. The third-order valence-corrected chi connectivity index (χ3v) is 2.77. The van der Waals surface area contributed by atoms with Gasteiger partial charge in [-0.15, -0.1) is 0 Å². The normalized spacial score (nSPS) is 11.5. The van der Waals surface area contributed by atoms with E-state index in [1.54, 1.807) is 12.1 Å². The molecular weight excluding hydrogens is 278 g/mol. The van der Waals surface area contributed by atoms with Crippen LogP contribution in [0.5, 0.6) is 0 Å². The molecule has 11 heavy (non-hydrogen) atoms. The van der Waals surface area contributed by atoms with Gasteiger partial charge in [-0.3, -0.25) is 4.57 Å². The summed E-state index contributed by atoms with van der Waals surface area (Å²) in [4.78, 5) is 17.4. The van der Waals surface area contributed by atoms with E-state index in [-0.39, 0.29) is 5.30 Å². The molecule has 0 bridgehead atoms. The first-order chi connectivity index (χ1) is 5.00. The lowest BCUT2D eigenvalue weighted by atomic mass is 10.4. The summed E-state index contributed by atoms with van der Waals surface area (Å²) in [6.07, 6.45) is 0. The number of hydrogen-bond donors (Lipinski definition) is 2. The summed E-state index contributed by atoms with van der Waals surface area (Å²) in [5, 5.41) is 0.0735. The first-order valence-electron chi connectivity index (χ1n) is 2.82. The van der Waals surface area contributed by atoms with Gasteiger partial charge in [0.1, 0.15) is 0 Å². The second kappa shape index (κ2) is 3.23. The average molecular weight is 284 g/mol. The molecule has 0 aliphatic heterocycles. The molecule has 5 heteroatoms. The van der Waals surface area contributed by atoms with Gasteiger partial charge >= 0.3 is 7.60 Å². The highest BCUT2D eigenvalue weighted by Gasteiger charge is 2.15. The van der Waals surface area contributed by atoms with Crippen LogP contribution in [0.2, 0.25) is 0 Å². The summed E-state index contributed by atoms with van der Waals surface area (Å²) in [6, 6.07) is 6.29. The zero-order valence-corrected chi connectivity index (χ0v) is 8.49. The Morgan fingerprint density at radius 3 is 2.36 bits per heavy atom. The molecular formula is C6H6IO3P. The quantitative estimate of drug-likeness (QED) is 0.599. The minimum Gasteiger partial charge on any atom is -0.321 e. The van der Waals surface area contributed by atoms with Crippen molar-refractivity contribution < 1.29 is 14.4 Å². The summed E-state index contributed by atoms with van der Waals surface area (Å²) in [7, 11) is -4.05. The van der Waals surface area contributed by atoms with Gasteiger partial charge < -0.3 is 9.79 Å². The van der Waals surface area contributed by atoms with E-state index in [0.29, 0.717) is 0 Å². The van der Waals surface area contributed by atoms with Crippen molar-refractivity contribution in [1.82, 2.24) is 0 Å². The van der Waals surface area contributed by atoms with Gasteiger partial charge in [0, 0.05) is 3.57 Å². The zero-order chi connectivity index (χ0) is 8.48. The monoisotopic (exact) mass is 284 g/mol. The third kappa shape index (κ3) is 2.56. The summed E-state index contributed by atoms with van der Waals surface area (Å²) >= 11 is 2.00. The van der Waals surface area contributed by atoms with Crippen LogP contribution < -0.4 is 5.30 Å². The highest BCUT2D eigenvalue weighted by atomic mass is 127. The molecule has 60 valence electrons. The van der Waals surface area contributed by atoms with E-state index in [4.69, 9.17) is 9.79 Å². The molecule has 0 spiro atoms. The first-order valence-corrected chi connectivity index (χ1v) is 5.51. The van der Waals surface area contributed by atoms with Crippen molar-refractivity contribution >= 4 is 35.5 Å². The predicted octanol–water partition coefficient (Wildman–Crippen LogP) is 1.09. The van der Waals surface area contributed by atoms with Crippen LogP contribution in [0.1, 0.15) is 0 Å². The fourth-order valence-corrected chi connectivity index (χ4v) is 2.03. The van der Waals surface area contributed by atoms with Gasteiger partial charge in [-0.05, 0) is 40.8 Å². The first kappa shape index (κ1) is 9.19. The summed E-state index contributed by atoms with van der Waals surface area (Å²) in [6.45, 7) is 0. The van der Waals surface area contributed by atoms with Crippen molar-refractivity contribution in [3.63, 3.8) is 0 Å². The van der Waals surface area contributed by atoms with E-state index in [9.17, 15) is 4.57 Å². The Bertz CT molecular complexity index is 306. The lowest BCUT2D eigenvalue weighted by Gasteiger charge is -2.02. The van der Waals surface area contributed by atoms with Crippen LogP contribution in [0.15, 0.2) is 24.3 Å². The topological polar surface area (TPSA) is 57.5 Å². The Morgan fingerprint density at radius 1 is 1.36 bits per heavy atom. The van der Waals surface area contributed by atoms with Crippen molar-refractivity contribution in [3.8, 4) is 0 Å². The molecule has 0 aliphatic rings. The highest BCUT2D eigenvalue weighted by molar-refractivity contribution is 14.1. The second-order valence-electron chi connectivity index (χ2n) is 2.02. The Balaban J connectivity index is 3.17. The van der Waals surface area contributed by atoms with Crippen LogP contribution in [-0.2, 0) is 4.57 Å². The summed E-state index contributed by atoms with van der Waals surface area (Å²) in [5.41, 5.74) is 0. The molecule has 0 saturated carbocycles. The molecule has 2 N–H and O–H groups in total. The van der Waals surface area contributed by atoms with Gasteiger partial charge in [0.05, 0.1) is 5.30 Å². The van der Waals surface area contributed by atoms with E-state index in [0.717, 1.165) is 3.57 Å². The maximum absolute atomic E-state index is 10.7. The standard InChI is InChI=1S/C6H6IO3P/c7-5-2-1-3-6(4-5)11(8,9)10/h1-4H,(H2,8,9,10). The Kier molecular flexibility index (Phi) is 2.70. The van der Waals surface area contributed by atoms with Gasteiger partial charge in [-0.1, -0.05) is 6.07 Å². The van der Waals surface area contributed by atoms with Crippen molar-refractivity contribution in [3.05, 3.63) is 27.8 Å². The van der Waals surface area contributed by atoms with E-state index >= 15 is 0 Å². The summed E-state index contributed by atoms with van der Waals surface area (Å²) in [5.74, 6) is 0. The molecule has 0 unspecified atom stereocenters. The molecule has 0 atom stereocenters. The molecule has 0 radical (unpaired) electrons. The molecule has 1 aromatic carbocycles. The fraction of sp³-hybridized carbons (Fsp3) is 0. The molecule has 3 nitrogen and oxygen atoms in total. The molecule has 0 fully saturated rings. The number of halogens is 1. The van der Waals surface area contributed by atoms with Crippen LogP contribution >= 0.6 is 30.2 Å². The number of benzene rings is 1. The Morgan fingerprint density at radius 2 is 2.00 bits per heavy atom. The van der Waals surface area contributed by atoms with Crippen LogP contribution in [0.4, 0.5) is 0 Å². The maximum atomic E-state index is 10.7. The van der Waals surface area contributed by atoms with E-state index < -0.39 is 7.60 Å². The molecule has 0 aromatic heterocycles. The molecule has 1 rings (SSSR count). The molecule has 0 aliphatic carbocycles. The Hall–Kier alpha value is 0.100. The number of rotatable bonds is 1. The lowest BCUT2D eigenvalue weighted by Crippen LogP contribution is -2.02. The fourth-order valence-electron chi connectivity index (χ4n) is 0.657. The van der Waals surface area contributed by atoms with Gasteiger partial charge in [0.15, 0.2) is 0 Å². The average Bonchev–Trinajstić information content (AvgIpc) is 1.86. The minimum absolute atomic E-state index is 0.0735. The van der Waals surface area contributed by atoms with Crippen molar-refractivity contribution in [1.29, 1.82) is 0 Å². The van der Waals surface area contributed by atoms with Crippen LogP contribution in [0.3, 0.4) is 0 Å². The largest absolute Gasteiger partial charge is 0.356 e. The van der Waals surface area contributed by atoms with E-state index in [1.807, 2.05) is 22.6 Å². The van der Waals surface area contributed by atoms with Crippen LogP contribution in [-0.4, -0.2) is 9.79 Å². The molecule has 0 heterocycles. The van der Waals surface area contributed by atoms with Gasteiger partial charge in [0.2, 0.25) is 0 Å². The predicted molar refractivity (Wildman–Crippen MR) is 50.8 cm³/mol. The molecule has 0 saturated heterocycles. The molecule has 1 aromatic rings. The Labute approximate surface area is 77.7 Å². The van der Waals surface area contributed by atoms with Gasteiger partial charge in [0.25, 0.3) is 0 Å². The maximum Gasteiger partial charge on any atom is 0.356 e. The second-order valence-corrected chi connectivity index (χ2v) is 4.87. The smallest absolute Gasteiger partial charge is 0.321 e. The van der Waals surface area contributed by atoms with Crippen molar-refractivity contribution in [2.45, 2.75) is 0 Å². The third-order valence-electron chi connectivity index (χ3n) is 1.14. The minimum atomic E-state index is -4.05. The number of hydrogen-bond acceptors (Lipinski definition) is 1. The SMILES string of the molecule is O=P(O)(O)c1cccc(I)c1. The van der Waals surface area contributed by atoms with Crippen LogP contribution in [0, 0.1) is 3.57 Å². The van der Waals surface area contributed by atoms with Crippen LogP contribution in [0.25, 0.3) is 0 Å². The van der Waals surface area contributed by atoms with Gasteiger partial charge in [-0.2, -0.15) is 0 Å².